The van der Waals surface area contributed by atoms with E-state index in [4.69, 9.17) is 9.15 Å². The average Bonchev–Trinajstić information content (AvgIpc) is 3.11. The van der Waals surface area contributed by atoms with E-state index in [1.54, 1.807) is 0 Å². The largest absolute Gasteiger partial charge is 0.441 e. The highest BCUT2D eigenvalue weighted by Crippen LogP contribution is 2.23. The molecule has 0 aliphatic carbocycles. The van der Waals surface area contributed by atoms with Gasteiger partial charge < -0.3 is 9.15 Å². The minimum Gasteiger partial charge on any atom is -0.441 e. The molecule has 5 nitrogen and oxygen atoms in total. The topological polar surface area (TPSA) is 65.2 Å². The summed E-state index contributed by atoms with van der Waals surface area (Å²) in [7, 11) is 0. The number of aryl methyl sites for hydroxylation is 1. The molecule has 0 atom stereocenters. The van der Waals surface area contributed by atoms with Gasteiger partial charge in [-0.2, -0.15) is 0 Å². The van der Waals surface area contributed by atoms with Crippen LogP contribution in [-0.4, -0.2) is 22.6 Å². The lowest BCUT2D eigenvalue weighted by molar-refractivity contribution is 0.0893. The Labute approximate surface area is 146 Å². The Bertz CT molecular complexity index is 914. The van der Waals surface area contributed by atoms with Crippen molar-refractivity contribution in [1.82, 2.24) is 10.2 Å². The van der Waals surface area contributed by atoms with Gasteiger partial charge in [0.05, 0.1) is 0 Å². The van der Waals surface area contributed by atoms with Crippen molar-refractivity contribution in [2.45, 2.75) is 27.7 Å². The molecule has 0 aliphatic rings. The summed E-state index contributed by atoms with van der Waals surface area (Å²) in [4.78, 5) is 12.5. The van der Waals surface area contributed by atoms with Crippen molar-refractivity contribution in [3.63, 3.8) is 0 Å². The van der Waals surface area contributed by atoms with Crippen molar-refractivity contribution >= 4 is 5.78 Å². The molecule has 0 bridgehead atoms. The molecule has 0 N–H and O–H groups in total. The smallest absolute Gasteiger partial charge is 0.415 e. The number of nitrogens with zero attached hydrogens (tertiary/aromatic N) is 2. The molecule has 25 heavy (non-hydrogen) atoms. The third kappa shape index (κ3) is 3.45. The van der Waals surface area contributed by atoms with Gasteiger partial charge in [0.2, 0.25) is 5.78 Å². The number of ketones is 1. The summed E-state index contributed by atoms with van der Waals surface area (Å²) in [5, 5.41) is 7.78. The Morgan fingerprint density at radius 3 is 2.44 bits per heavy atom. The molecule has 3 aromatic rings. The number of carbonyl (C=O) groups excluding carboxylic acids is 1. The van der Waals surface area contributed by atoms with Crippen LogP contribution < -0.4 is 4.74 Å². The summed E-state index contributed by atoms with van der Waals surface area (Å²) in [5.74, 6) is 0.254. The molecular formula is C20H20N2O3. The number of ether oxygens (including phenoxy) is 1. The standard InChI is InChI=1S/C20H20N2O3/c1-12-10-17(15(4)14(3)13(12)2)18(23)11-24-20-22-21-19(25-20)16-8-6-5-7-9-16/h5-10H,11H2,1-4H3. The number of carbonyl (C=O) groups is 1. The van der Waals surface area contributed by atoms with E-state index in [-0.39, 0.29) is 18.5 Å². The second-order valence-electron chi connectivity index (χ2n) is 6.07. The highest BCUT2D eigenvalue weighted by atomic mass is 16.6. The molecule has 2 aromatic carbocycles. The second-order valence-corrected chi connectivity index (χ2v) is 6.07. The highest BCUT2D eigenvalue weighted by Gasteiger charge is 2.16. The fourth-order valence-corrected chi connectivity index (χ4v) is 2.67. The molecule has 0 amide bonds. The molecule has 0 saturated carbocycles. The van der Waals surface area contributed by atoms with E-state index < -0.39 is 0 Å². The summed E-state index contributed by atoms with van der Waals surface area (Å²) >= 11 is 0. The monoisotopic (exact) mass is 336 g/mol. The predicted octanol–water partition coefficient (Wildman–Crippen LogP) is 4.23. The Hall–Kier alpha value is -2.95. The van der Waals surface area contributed by atoms with Crippen LogP contribution in [0.5, 0.6) is 6.08 Å². The van der Waals surface area contributed by atoms with Gasteiger partial charge in [-0.25, -0.2) is 0 Å². The number of hydrogen-bond donors (Lipinski definition) is 0. The first-order chi connectivity index (χ1) is 12.0. The molecule has 0 aliphatic heterocycles. The van der Waals surface area contributed by atoms with Crippen LogP contribution in [0.1, 0.15) is 32.6 Å². The second kappa shape index (κ2) is 6.89. The van der Waals surface area contributed by atoms with Crippen molar-refractivity contribution in [2.24, 2.45) is 0 Å². The van der Waals surface area contributed by atoms with Crippen LogP contribution in [0.3, 0.4) is 0 Å². The Kier molecular flexibility index (Phi) is 4.65. The van der Waals surface area contributed by atoms with E-state index in [1.165, 1.54) is 5.56 Å². The van der Waals surface area contributed by atoms with Crippen LogP contribution in [0, 0.1) is 27.7 Å². The van der Waals surface area contributed by atoms with Crippen LogP contribution in [0.2, 0.25) is 0 Å². The maximum atomic E-state index is 12.5. The minimum absolute atomic E-state index is 0.00888. The molecule has 0 unspecified atom stereocenters. The summed E-state index contributed by atoms with van der Waals surface area (Å²) in [6, 6.07) is 11.3. The molecule has 1 aromatic heterocycles. The van der Waals surface area contributed by atoms with Crippen molar-refractivity contribution in [3.05, 3.63) is 64.2 Å². The zero-order valence-corrected chi connectivity index (χ0v) is 14.8. The van der Waals surface area contributed by atoms with Crippen LogP contribution in [0.15, 0.2) is 40.8 Å². The molecular weight excluding hydrogens is 316 g/mol. The minimum atomic E-state index is -0.140. The Morgan fingerprint density at radius 2 is 1.72 bits per heavy atom. The first kappa shape index (κ1) is 16.9. The number of benzene rings is 2. The lowest BCUT2D eigenvalue weighted by atomic mass is 9.93. The Balaban J connectivity index is 1.73. The Morgan fingerprint density at radius 1 is 1.00 bits per heavy atom. The maximum Gasteiger partial charge on any atom is 0.415 e. The first-order valence-electron chi connectivity index (χ1n) is 8.09. The van der Waals surface area contributed by atoms with Gasteiger partial charge in [0, 0.05) is 11.1 Å². The molecule has 5 heteroatoms. The van der Waals surface area contributed by atoms with Crippen molar-refractivity contribution in [3.8, 4) is 17.5 Å². The molecule has 3 rings (SSSR count). The van der Waals surface area contributed by atoms with Crippen molar-refractivity contribution < 1.29 is 13.9 Å². The summed E-state index contributed by atoms with van der Waals surface area (Å²) in [5.41, 5.74) is 5.88. The number of hydrogen-bond acceptors (Lipinski definition) is 5. The number of rotatable bonds is 5. The van der Waals surface area contributed by atoms with Gasteiger partial charge >= 0.3 is 6.08 Å². The number of aromatic nitrogens is 2. The molecule has 0 saturated heterocycles. The van der Waals surface area contributed by atoms with E-state index >= 15 is 0 Å². The van der Waals surface area contributed by atoms with E-state index in [0.29, 0.717) is 11.5 Å². The number of Topliss-reactive ketones (excluding diaryl/α,β-unsaturated/α-hetero) is 1. The quantitative estimate of drug-likeness (QED) is 0.652. The SMILES string of the molecule is Cc1cc(C(=O)COc2nnc(-c3ccccc3)o2)c(C)c(C)c1C. The lowest BCUT2D eigenvalue weighted by Crippen LogP contribution is -2.14. The maximum absolute atomic E-state index is 12.5. The van der Waals surface area contributed by atoms with Gasteiger partial charge in [0.25, 0.3) is 5.89 Å². The normalized spacial score (nSPS) is 10.7. The van der Waals surface area contributed by atoms with Crippen LogP contribution in [-0.2, 0) is 0 Å². The van der Waals surface area contributed by atoms with Gasteiger partial charge in [0.1, 0.15) is 0 Å². The molecule has 0 fully saturated rings. The summed E-state index contributed by atoms with van der Waals surface area (Å²) in [6.45, 7) is 7.91. The zero-order chi connectivity index (χ0) is 18.0. The molecule has 128 valence electrons. The summed E-state index contributed by atoms with van der Waals surface area (Å²) in [6.07, 6.45) is -0.00888. The average molecular weight is 336 g/mol. The zero-order valence-electron chi connectivity index (χ0n) is 14.8. The van der Waals surface area contributed by atoms with Gasteiger partial charge in [-0.1, -0.05) is 23.3 Å². The van der Waals surface area contributed by atoms with Gasteiger partial charge in [-0.15, -0.1) is 5.10 Å². The lowest BCUT2D eigenvalue weighted by Gasteiger charge is -2.13. The van der Waals surface area contributed by atoms with Crippen LogP contribution >= 0.6 is 0 Å². The predicted molar refractivity (Wildman–Crippen MR) is 94.9 cm³/mol. The molecule has 0 spiro atoms. The fraction of sp³-hybridized carbons (Fsp3) is 0.250. The molecule has 0 radical (unpaired) electrons. The van der Waals surface area contributed by atoms with E-state index in [2.05, 4.69) is 17.1 Å². The van der Waals surface area contributed by atoms with E-state index in [1.807, 2.05) is 57.2 Å². The first-order valence-corrected chi connectivity index (χ1v) is 8.09. The molecule has 1 heterocycles. The van der Waals surface area contributed by atoms with Crippen molar-refractivity contribution in [2.75, 3.05) is 6.61 Å². The van der Waals surface area contributed by atoms with E-state index in [9.17, 15) is 4.79 Å². The third-order valence-electron chi connectivity index (χ3n) is 4.54. The van der Waals surface area contributed by atoms with Crippen LogP contribution in [0.25, 0.3) is 11.5 Å². The van der Waals surface area contributed by atoms with Crippen molar-refractivity contribution in [1.29, 1.82) is 0 Å². The van der Waals surface area contributed by atoms with Gasteiger partial charge in [-0.3, -0.25) is 4.79 Å². The third-order valence-corrected chi connectivity index (χ3v) is 4.54. The van der Waals surface area contributed by atoms with Gasteiger partial charge in [0.15, 0.2) is 6.61 Å². The fourth-order valence-electron chi connectivity index (χ4n) is 2.67. The van der Waals surface area contributed by atoms with Gasteiger partial charge in [-0.05, 0) is 68.1 Å². The highest BCUT2D eigenvalue weighted by molar-refractivity contribution is 5.99. The van der Waals surface area contributed by atoms with Crippen LogP contribution in [0.4, 0.5) is 0 Å². The summed E-state index contributed by atoms with van der Waals surface area (Å²) < 4.78 is 10.9. The van der Waals surface area contributed by atoms with E-state index in [0.717, 1.165) is 22.3 Å².